The zero-order chi connectivity index (χ0) is 18.9. The first-order valence-corrected chi connectivity index (χ1v) is 10.7. The maximum absolute atomic E-state index is 5.70. The van der Waals surface area contributed by atoms with Crippen molar-refractivity contribution in [2.24, 2.45) is 4.99 Å². The predicted octanol–water partition coefficient (Wildman–Crippen LogP) is 2.85. The Morgan fingerprint density at radius 2 is 2.04 bits per heavy atom. The average molecular weight is 376 g/mol. The SMILES string of the molecule is CN=C(NCCCN1CCCCC1C)NCC(c1ccco1)N1CCCC1. The van der Waals surface area contributed by atoms with E-state index in [2.05, 4.69) is 38.4 Å². The predicted molar refractivity (Wildman–Crippen MR) is 111 cm³/mol. The second kappa shape index (κ2) is 10.7. The molecule has 2 unspecified atom stereocenters. The Hall–Kier alpha value is -1.53. The first kappa shape index (κ1) is 20.2. The highest BCUT2D eigenvalue weighted by atomic mass is 16.3. The number of guanidine groups is 1. The van der Waals surface area contributed by atoms with Gasteiger partial charge in [-0.25, -0.2) is 0 Å². The number of aliphatic imine (C=N–C) groups is 1. The van der Waals surface area contributed by atoms with Gasteiger partial charge in [-0.15, -0.1) is 0 Å². The lowest BCUT2D eigenvalue weighted by atomic mass is 10.0. The van der Waals surface area contributed by atoms with Crippen molar-refractivity contribution >= 4 is 5.96 Å². The van der Waals surface area contributed by atoms with E-state index in [1.165, 1.54) is 45.2 Å². The molecular formula is C21H37N5O. The summed E-state index contributed by atoms with van der Waals surface area (Å²) in [5.74, 6) is 1.93. The number of hydrogen-bond acceptors (Lipinski definition) is 4. The van der Waals surface area contributed by atoms with E-state index >= 15 is 0 Å². The van der Waals surface area contributed by atoms with Gasteiger partial charge in [-0.3, -0.25) is 9.89 Å². The van der Waals surface area contributed by atoms with Crippen LogP contribution in [0.15, 0.2) is 27.8 Å². The minimum Gasteiger partial charge on any atom is -0.468 e. The first-order valence-electron chi connectivity index (χ1n) is 10.7. The van der Waals surface area contributed by atoms with Gasteiger partial charge in [0.1, 0.15) is 5.76 Å². The second-order valence-corrected chi connectivity index (χ2v) is 7.89. The molecule has 0 amide bonds. The standard InChI is InChI=1S/C21H37N5O/c1-18-9-3-4-12-25(18)15-8-11-23-21(22-2)24-17-19(20-10-7-16-27-20)26-13-5-6-14-26/h7,10,16,18-19H,3-6,8-9,11-15,17H2,1-2H3,(H2,22,23,24). The lowest BCUT2D eigenvalue weighted by molar-refractivity contribution is 0.159. The number of rotatable bonds is 8. The molecular weight excluding hydrogens is 338 g/mol. The molecule has 2 atom stereocenters. The van der Waals surface area contributed by atoms with Gasteiger partial charge >= 0.3 is 0 Å². The van der Waals surface area contributed by atoms with Crippen LogP contribution >= 0.6 is 0 Å². The number of furan rings is 1. The van der Waals surface area contributed by atoms with Crippen LogP contribution in [0.1, 0.15) is 57.3 Å². The summed E-state index contributed by atoms with van der Waals surface area (Å²) in [5, 5.41) is 6.98. The molecule has 3 rings (SSSR count). The fourth-order valence-electron chi connectivity index (χ4n) is 4.34. The van der Waals surface area contributed by atoms with E-state index in [9.17, 15) is 0 Å². The second-order valence-electron chi connectivity index (χ2n) is 7.89. The van der Waals surface area contributed by atoms with Crippen LogP contribution in [-0.2, 0) is 0 Å². The van der Waals surface area contributed by atoms with Gasteiger partial charge in [-0.05, 0) is 70.8 Å². The largest absolute Gasteiger partial charge is 0.468 e. The van der Waals surface area contributed by atoms with Crippen LogP contribution in [0.4, 0.5) is 0 Å². The topological polar surface area (TPSA) is 56.0 Å². The first-order chi connectivity index (χ1) is 13.3. The van der Waals surface area contributed by atoms with Gasteiger partial charge in [0, 0.05) is 32.7 Å². The van der Waals surface area contributed by atoms with E-state index in [4.69, 9.17) is 4.42 Å². The lowest BCUT2D eigenvalue weighted by Gasteiger charge is -2.33. The normalized spacial score (nSPS) is 23.5. The third-order valence-corrected chi connectivity index (χ3v) is 5.99. The molecule has 1 aromatic heterocycles. The fourth-order valence-corrected chi connectivity index (χ4v) is 4.34. The highest BCUT2D eigenvalue weighted by Crippen LogP contribution is 2.24. The summed E-state index contributed by atoms with van der Waals surface area (Å²) in [5.41, 5.74) is 0. The van der Waals surface area contributed by atoms with Gasteiger partial charge in [-0.2, -0.15) is 0 Å². The number of hydrogen-bond donors (Lipinski definition) is 2. The van der Waals surface area contributed by atoms with Gasteiger partial charge in [0.15, 0.2) is 5.96 Å². The molecule has 2 N–H and O–H groups in total. The number of likely N-dealkylation sites (tertiary alicyclic amines) is 2. The van der Waals surface area contributed by atoms with Crippen LogP contribution in [0, 0.1) is 0 Å². The van der Waals surface area contributed by atoms with Crippen molar-refractivity contribution < 1.29 is 4.42 Å². The van der Waals surface area contributed by atoms with Crippen molar-refractivity contribution in [3.63, 3.8) is 0 Å². The van der Waals surface area contributed by atoms with Crippen molar-refractivity contribution in [1.82, 2.24) is 20.4 Å². The van der Waals surface area contributed by atoms with Crippen LogP contribution in [0.25, 0.3) is 0 Å². The summed E-state index contributed by atoms with van der Waals surface area (Å²) < 4.78 is 5.70. The molecule has 152 valence electrons. The molecule has 0 radical (unpaired) electrons. The summed E-state index contributed by atoms with van der Waals surface area (Å²) in [6.07, 6.45) is 9.57. The molecule has 2 fully saturated rings. The van der Waals surface area contributed by atoms with Gasteiger partial charge in [0.25, 0.3) is 0 Å². The summed E-state index contributed by atoms with van der Waals surface area (Å²) in [7, 11) is 1.85. The molecule has 0 aliphatic carbocycles. The third-order valence-electron chi connectivity index (χ3n) is 5.99. The molecule has 0 saturated carbocycles. The molecule has 6 heteroatoms. The quantitative estimate of drug-likeness (QED) is 0.416. The van der Waals surface area contributed by atoms with E-state index in [1.807, 2.05) is 13.1 Å². The molecule has 2 aliphatic rings. The molecule has 0 spiro atoms. The van der Waals surface area contributed by atoms with Crippen molar-refractivity contribution in [3.05, 3.63) is 24.2 Å². The Balaban J connectivity index is 1.41. The zero-order valence-electron chi connectivity index (χ0n) is 17.1. The fraction of sp³-hybridized carbons (Fsp3) is 0.762. The van der Waals surface area contributed by atoms with Gasteiger partial charge in [0.05, 0.1) is 12.3 Å². The van der Waals surface area contributed by atoms with Crippen LogP contribution in [0.5, 0.6) is 0 Å². The highest BCUT2D eigenvalue weighted by molar-refractivity contribution is 5.79. The molecule has 27 heavy (non-hydrogen) atoms. The van der Waals surface area contributed by atoms with Crippen molar-refractivity contribution in [3.8, 4) is 0 Å². The molecule has 0 aromatic carbocycles. The van der Waals surface area contributed by atoms with E-state index in [-0.39, 0.29) is 6.04 Å². The highest BCUT2D eigenvalue weighted by Gasteiger charge is 2.25. The Kier molecular flexibility index (Phi) is 8.02. The molecule has 2 aliphatic heterocycles. The van der Waals surface area contributed by atoms with E-state index in [0.29, 0.717) is 0 Å². The van der Waals surface area contributed by atoms with Crippen LogP contribution in [-0.4, -0.2) is 68.1 Å². The zero-order valence-corrected chi connectivity index (χ0v) is 17.1. The summed E-state index contributed by atoms with van der Waals surface area (Å²) in [6, 6.07) is 5.08. The maximum Gasteiger partial charge on any atom is 0.191 e. The smallest absolute Gasteiger partial charge is 0.191 e. The minimum absolute atomic E-state index is 0.273. The van der Waals surface area contributed by atoms with Gasteiger partial charge in [-0.1, -0.05) is 6.42 Å². The van der Waals surface area contributed by atoms with E-state index in [1.54, 1.807) is 6.26 Å². The van der Waals surface area contributed by atoms with E-state index < -0.39 is 0 Å². The summed E-state index contributed by atoms with van der Waals surface area (Å²) in [6.45, 7) is 8.86. The molecule has 3 heterocycles. The van der Waals surface area contributed by atoms with Crippen molar-refractivity contribution in [2.75, 3.05) is 46.3 Å². The number of piperidine rings is 1. The molecule has 6 nitrogen and oxygen atoms in total. The Labute approximate surface area is 164 Å². The number of nitrogens with one attached hydrogen (secondary N) is 2. The van der Waals surface area contributed by atoms with Crippen LogP contribution < -0.4 is 10.6 Å². The Bertz CT molecular complexity index is 553. The lowest BCUT2D eigenvalue weighted by Crippen LogP contribution is -2.44. The average Bonchev–Trinajstić information content (AvgIpc) is 3.39. The minimum atomic E-state index is 0.273. The van der Waals surface area contributed by atoms with Crippen LogP contribution in [0.3, 0.4) is 0 Å². The maximum atomic E-state index is 5.70. The van der Waals surface area contributed by atoms with Crippen molar-refractivity contribution in [1.29, 1.82) is 0 Å². The molecule has 2 saturated heterocycles. The van der Waals surface area contributed by atoms with E-state index in [0.717, 1.165) is 50.4 Å². The summed E-state index contributed by atoms with van der Waals surface area (Å²) in [4.78, 5) is 9.54. The van der Waals surface area contributed by atoms with Crippen molar-refractivity contribution in [2.45, 2.75) is 57.5 Å². The third kappa shape index (κ3) is 5.98. The molecule has 0 bridgehead atoms. The number of nitrogens with zero attached hydrogens (tertiary/aromatic N) is 3. The summed E-state index contributed by atoms with van der Waals surface area (Å²) >= 11 is 0. The van der Waals surface area contributed by atoms with Gasteiger partial charge < -0.3 is 20.0 Å². The van der Waals surface area contributed by atoms with Crippen LogP contribution in [0.2, 0.25) is 0 Å². The Morgan fingerprint density at radius 1 is 1.22 bits per heavy atom. The molecule has 1 aromatic rings. The van der Waals surface area contributed by atoms with Gasteiger partial charge in [0.2, 0.25) is 0 Å². The monoisotopic (exact) mass is 375 g/mol. The Morgan fingerprint density at radius 3 is 2.74 bits per heavy atom.